The molecule has 0 rings (SSSR count). The molecule has 0 saturated heterocycles. The van der Waals surface area contributed by atoms with Gasteiger partial charge in [0.1, 0.15) is 6.61 Å². The van der Waals surface area contributed by atoms with E-state index in [-0.39, 0.29) is 25.4 Å². The zero-order valence-corrected chi connectivity index (χ0v) is 33.9. The summed E-state index contributed by atoms with van der Waals surface area (Å²) in [5.74, 6) is -0.828. The summed E-state index contributed by atoms with van der Waals surface area (Å²) in [6.45, 7) is 3.85. The van der Waals surface area contributed by atoms with E-state index >= 15 is 0 Å². The third-order valence-corrected chi connectivity index (χ3v) is 9.79. The molecule has 0 aromatic heterocycles. The van der Waals surface area contributed by atoms with Gasteiger partial charge in [0.15, 0.2) is 6.10 Å². The second-order valence-corrected chi connectivity index (χ2v) is 15.3. The standard InChI is InChI=1S/C42H77O8P/c1-4-6-8-10-12-14-16-18-20-22-24-26-28-30-32-34-36-41(43)48-38-40(39-49-51(45,46)47-3)50-42(44)37-35-33-31-29-27-25-23-21-19-17-15-13-11-9-7-5-2/h15,17,20-23,40H,4-14,16,18-19,24-39H2,1-3H3,(H,45,46)/b17-15-,22-20-,23-21-. The lowest BCUT2D eigenvalue weighted by Crippen LogP contribution is -2.29. The highest BCUT2D eigenvalue weighted by atomic mass is 31.2. The largest absolute Gasteiger partial charge is 0.472 e. The lowest BCUT2D eigenvalue weighted by molar-refractivity contribution is -0.161. The second kappa shape index (κ2) is 38.0. The number of phosphoric acid groups is 1. The van der Waals surface area contributed by atoms with E-state index in [4.69, 9.17) is 14.0 Å². The van der Waals surface area contributed by atoms with Crippen LogP contribution in [-0.2, 0) is 32.7 Å². The van der Waals surface area contributed by atoms with Crippen LogP contribution >= 0.6 is 7.82 Å². The molecule has 0 bridgehead atoms. The number of esters is 2. The predicted molar refractivity (Wildman–Crippen MR) is 212 cm³/mol. The molecule has 0 amide bonds. The van der Waals surface area contributed by atoms with Gasteiger partial charge in [-0.1, -0.05) is 147 Å². The third kappa shape index (κ3) is 37.8. The molecule has 0 radical (unpaired) electrons. The molecule has 0 saturated carbocycles. The van der Waals surface area contributed by atoms with Gasteiger partial charge in [-0.2, -0.15) is 0 Å². The number of carbonyl (C=O) groups excluding carboxylic acids is 2. The molecule has 2 unspecified atom stereocenters. The molecule has 0 heterocycles. The highest BCUT2D eigenvalue weighted by molar-refractivity contribution is 7.47. The van der Waals surface area contributed by atoms with Gasteiger partial charge < -0.3 is 14.4 Å². The van der Waals surface area contributed by atoms with E-state index in [2.05, 4.69) is 54.8 Å². The summed E-state index contributed by atoms with van der Waals surface area (Å²) < 4.78 is 31.9. The number of carbonyl (C=O) groups is 2. The maximum atomic E-state index is 12.5. The van der Waals surface area contributed by atoms with Gasteiger partial charge >= 0.3 is 19.8 Å². The van der Waals surface area contributed by atoms with Crippen molar-refractivity contribution in [2.45, 2.75) is 200 Å². The van der Waals surface area contributed by atoms with Crippen molar-refractivity contribution >= 4 is 19.8 Å². The van der Waals surface area contributed by atoms with Gasteiger partial charge in [0.25, 0.3) is 0 Å². The first-order valence-corrected chi connectivity index (χ1v) is 22.2. The molecule has 1 N–H and O–H groups in total. The Morgan fingerprint density at radius 2 is 0.941 bits per heavy atom. The lowest BCUT2D eigenvalue weighted by Gasteiger charge is -2.19. The van der Waals surface area contributed by atoms with Crippen molar-refractivity contribution in [2.75, 3.05) is 20.3 Å². The van der Waals surface area contributed by atoms with Gasteiger partial charge in [-0.3, -0.25) is 18.6 Å². The first kappa shape index (κ1) is 49.3. The summed E-state index contributed by atoms with van der Waals surface area (Å²) in [5, 5.41) is 0. The van der Waals surface area contributed by atoms with Crippen LogP contribution in [0.2, 0.25) is 0 Å². The fourth-order valence-electron chi connectivity index (χ4n) is 5.62. The Morgan fingerprint density at radius 1 is 0.549 bits per heavy atom. The summed E-state index contributed by atoms with van der Waals surface area (Å²) >= 11 is 0. The highest BCUT2D eigenvalue weighted by Crippen LogP contribution is 2.42. The average Bonchev–Trinajstić information content (AvgIpc) is 3.12. The Labute approximate surface area is 313 Å². The Bertz CT molecular complexity index is 932. The van der Waals surface area contributed by atoms with Crippen LogP contribution in [-0.4, -0.2) is 43.3 Å². The van der Waals surface area contributed by atoms with E-state index in [9.17, 15) is 19.0 Å². The number of hydrogen-bond acceptors (Lipinski definition) is 7. The number of hydrogen-bond donors (Lipinski definition) is 1. The van der Waals surface area contributed by atoms with Crippen LogP contribution in [0.4, 0.5) is 0 Å². The normalized spacial score (nSPS) is 13.7. The smallest absolute Gasteiger partial charge is 0.462 e. The molecular weight excluding hydrogens is 663 g/mol. The number of unbranched alkanes of at least 4 members (excludes halogenated alkanes) is 21. The van der Waals surface area contributed by atoms with Crippen molar-refractivity contribution in [1.82, 2.24) is 0 Å². The maximum Gasteiger partial charge on any atom is 0.472 e. The van der Waals surface area contributed by atoms with Gasteiger partial charge in [-0.15, -0.1) is 0 Å². The van der Waals surface area contributed by atoms with E-state index in [1.54, 1.807) is 0 Å². The summed E-state index contributed by atoms with van der Waals surface area (Å²) in [6, 6.07) is 0. The highest BCUT2D eigenvalue weighted by Gasteiger charge is 2.24. The van der Waals surface area contributed by atoms with Crippen LogP contribution in [0.15, 0.2) is 36.5 Å². The van der Waals surface area contributed by atoms with Crippen molar-refractivity contribution in [1.29, 1.82) is 0 Å². The van der Waals surface area contributed by atoms with Crippen LogP contribution in [0.1, 0.15) is 194 Å². The molecule has 51 heavy (non-hydrogen) atoms. The lowest BCUT2D eigenvalue weighted by atomic mass is 10.1. The molecule has 9 heteroatoms. The summed E-state index contributed by atoms with van der Waals surface area (Å²) in [6.07, 6.45) is 43.3. The Morgan fingerprint density at radius 3 is 1.41 bits per heavy atom. The summed E-state index contributed by atoms with van der Waals surface area (Å²) in [5.41, 5.74) is 0. The first-order chi connectivity index (χ1) is 24.8. The second-order valence-electron chi connectivity index (χ2n) is 13.8. The monoisotopic (exact) mass is 741 g/mol. The Kier molecular flexibility index (Phi) is 36.7. The molecule has 0 aromatic carbocycles. The topological polar surface area (TPSA) is 108 Å². The van der Waals surface area contributed by atoms with Gasteiger partial charge in [0.2, 0.25) is 0 Å². The van der Waals surface area contributed by atoms with Crippen LogP contribution in [0.5, 0.6) is 0 Å². The molecule has 0 aliphatic carbocycles. The van der Waals surface area contributed by atoms with E-state index in [0.29, 0.717) is 6.42 Å². The first-order valence-electron chi connectivity index (χ1n) is 20.7. The average molecular weight is 741 g/mol. The number of rotatable bonds is 38. The zero-order valence-electron chi connectivity index (χ0n) is 33.0. The Balaban J connectivity index is 4.06. The Hall–Kier alpha value is -1.73. The fourth-order valence-corrected chi connectivity index (χ4v) is 6.08. The number of ether oxygens (including phenoxy) is 2. The molecule has 8 nitrogen and oxygen atoms in total. The molecule has 0 aromatic rings. The van der Waals surface area contributed by atoms with Crippen LogP contribution in [0.25, 0.3) is 0 Å². The van der Waals surface area contributed by atoms with Gasteiger partial charge in [-0.25, -0.2) is 4.57 Å². The SMILES string of the molecule is CCCCCC/C=C\C/C=C\CCCCCCCC(=O)OC(COC(=O)CCCCCCC/C=C\CCCCCCCCC)COP(=O)(O)OC. The summed E-state index contributed by atoms with van der Waals surface area (Å²) in [7, 11) is -3.21. The molecular formula is C42H77O8P. The molecule has 0 aliphatic rings. The van der Waals surface area contributed by atoms with Crippen LogP contribution in [0, 0.1) is 0 Å². The van der Waals surface area contributed by atoms with E-state index < -0.39 is 26.5 Å². The minimum absolute atomic E-state index is 0.227. The predicted octanol–water partition coefficient (Wildman–Crippen LogP) is 12.8. The molecule has 0 fully saturated rings. The van der Waals surface area contributed by atoms with Crippen molar-refractivity contribution in [3.05, 3.63) is 36.5 Å². The van der Waals surface area contributed by atoms with Crippen LogP contribution < -0.4 is 0 Å². The van der Waals surface area contributed by atoms with Crippen LogP contribution in [0.3, 0.4) is 0 Å². The quantitative estimate of drug-likeness (QED) is 0.0288. The molecule has 0 aliphatic heterocycles. The number of allylic oxidation sites excluding steroid dienone is 6. The van der Waals surface area contributed by atoms with Crippen molar-refractivity contribution < 1.29 is 37.6 Å². The molecule has 298 valence electrons. The van der Waals surface area contributed by atoms with Crippen molar-refractivity contribution in [3.63, 3.8) is 0 Å². The van der Waals surface area contributed by atoms with Crippen molar-refractivity contribution in [2.24, 2.45) is 0 Å². The van der Waals surface area contributed by atoms with Gasteiger partial charge in [0.05, 0.1) is 6.61 Å². The summed E-state index contributed by atoms with van der Waals surface area (Å²) in [4.78, 5) is 34.4. The third-order valence-electron chi connectivity index (χ3n) is 8.86. The minimum Gasteiger partial charge on any atom is -0.462 e. The fraction of sp³-hybridized carbons (Fsp3) is 0.810. The molecule has 0 spiro atoms. The van der Waals surface area contributed by atoms with E-state index in [0.717, 1.165) is 84.2 Å². The maximum absolute atomic E-state index is 12.5. The molecule has 2 atom stereocenters. The minimum atomic E-state index is -4.26. The number of phosphoric ester groups is 1. The van der Waals surface area contributed by atoms with Gasteiger partial charge in [0, 0.05) is 20.0 Å². The van der Waals surface area contributed by atoms with Gasteiger partial charge in [-0.05, 0) is 70.6 Å². The van der Waals surface area contributed by atoms with E-state index in [1.165, 1.54) is 83.5 Å². The van der Waals surface area contributed by atoms with E-state index in [1.807, 2.05) is 0 Å². The van der Waals surface area contributed by atoms with Crippen molar-refractivity contribution in [3.8, 4) is 0 Å². The zero-order chi connectivity index (χ0) is 37.5.